The Hall–Kier alpha value is -2.35. The molecule has 2 aromatic rings. The van der Waals surface area contributed by atoms with Gasteiger partial charge < -0.3 is 10.0 Å². The molecular formula is C19H18F2N2O3S. The van der Waals surface area contributed by atoms with E-state index in [9.17, 15) is 23.5 Å². The topological polar surface area (TPSA) is 70.5 Å². The maximum absolute atomic E-state index is 13.5. The van der Waals surface area contributed by atoms with Crippen LogP contribution in [-0.2, 0) is 4.79 Å². The number of carbonyl (C=O) groups is 2. The number of fused-ring (bicyclic) bond motifs is 1. The number of likely N-dealkylation sites (tertiary alicyclic amines) is 1. The molecule has 3 atom stereocenters. The molecule has 8 heteroatoms. The lowest BCUT2D eigenvalue weighted by Gasteiger charge is -2.32. The SMILES string of the molecule is O=C(O)C1CC2CCCCC2N1C(=O)c1csc(-c2ccc(F)c(F)c2)n1. The summed E-state index contributed by atoms with van der Waals surface area (Å²) in [7, 11) is 0. The number of hydrogen-bond acceptors (Lipinski definition) is 4. The van der Waals surface area contributed by atoms with Gasteiger partial charge in [-0.25, -0.2) is 18.6 Å². The van der Waals surface area contributed by atoms with Gasteiger partial charge in [-0.3, -0.25) is 4.79 Å². The Labute approximate surface area is 158 Å². The summed E-state index contributed by atoms with van der Waals surface area (Å²) in [5.74, 6) is -3.11. The molecule has 1 aliphatic carbocycles. The molecule has 4 rings (SSSR count). The highest BCUT2D eigenvalue weighted by Crippen LogP contribution is 2.40. The molecule has 3 unspecified atom stereocenters. The van der Waals surface area contributed by atoms with Gasteiger partial charge in [-0.2, -0.15) is 0 Å². The number of aliphatic carboxylic acids is 1. The second kappa shape index (κ2) is 6.99. The third-order valence-electron chi connectivity index (χ3n) is 5.50. The van der Waals surface area contributed by atoms with Crippen LogP contribution in [0.2, 0.25) is 0 Å². The van der Waals surface area contributed by atoms with Crippen molar-refractivity contribution in [2.24, 2.45) is 5.92 Å². The molecule has 2 aliphatic rings. The second-order valence-corrected chi connectivity index (χ2v) is 7.94. The molecule has 1 saturated carbocycles. The molecule has 1 aliphatic heterocycles. The van der Waals surface area contributed by atoms with Gasteiger partial charge in [0.05, 0.1) is 0 Å². The third kappa shape index (κ3) is 3.22. The molecule has 5 nitrogen and oxygen atoms in total. The number of carboxylic acids is 1. The average molecular weight is 392 g/mol. The predicted octanol–water partition coefficient (Wildman–Crippen LogP) is 3.95. The number of halogens is 2. The Morgan fingerprint density at radius 3 is 2.70 bits per heavy atom. The lowest BCUT2D eigenvalue weighted by Crippen LogP contribution is -2.46. The van der Waals surface area contributed by atoms with Gasteiger partial charge in [0.15, 0.2) is 11.6 Å². The van der Waals surface area contributed by atoms with E-state index in [1.807, 2.05) is 0 Å². The third-order valence-corrected chi connectivity index (χ3v) is 6.39. The minimum atomic E-state index is -0.992. The fraction of sp³-hybridized carbons (Fsp3) is 0.421. The molecule has 2 heterocycles. The van der Waals surface area contributed by atoms with Crippen LogP contribution in [0.25, 0.3) is 10.6 Å². The fourth-order valence-electron chi connectivity index (χ4n) is 4.24. The van der Waals surface area contributed by atoms with Gasteiger partial charge >= 0.3 is 5.97 Å². The van der Waals surface area contributed by atoms with Crippen LogP contribution in [0.4, 0.5) is 8.78 Å². The number of benzene rings is 1. The summed E-state index contributed by atoms with van der Waals surface area (Å²) < 4.78 is 26.6. The molecular weight excluding hydrogens is 374 g/mol. The first kappa shape index (κ1) is 18.0. The molecule has 2 fully saturated rings. The van der Waals surface area contributed by atoms with Gasteiger partial charge in [-0.1, -0.05) is 12.8 Å². The minimum Gasteiger partial charge on any atom is -0.480 e. The van der Waals surface area contributed by atoms with E-state index in [1.165, 1.54) is 11.0 Å². The summed E-state index contributed by atoms with van der Waals surface area (Å²) in [5, 5.41) is 11.5. The molecule has 27 heavy (non-hydrogen) atoms. The Kier molecular flexibility index (Phi) is 4.67. The molecule has 1 aromatic heterocycles. The van der Waals surface area contributed by atoms with E-state index in [0.717, 1.165) is 49.2 Å². The summed E-state index contributed by atoms with van der Waals surface area (Å²) in [4.78, 5) is 30.5. The standard InChI is InChI=1S/C19H18F2N2O3S/c20-12-6-5-11(7-13(12)21)17-22-14(9-27-17)18(24)23-15-4-2-1-3-10(15)8-16(23)19(25)26/h5-7,9-10,15-16H,1-4,8H2,(H,25,26). The zero-order chi connectivity index (χ0) is 19.1. The largest absolute Gasteiger partial charge is 0.480 e. The minimum absolute atomic E-state index is 0.0687. The van der Waals surface area contributed by atoms with Gasteiger partial charge in [0, 0.05) is 17.0 Å². The second-order valence-electron chi connectivity index (χ2n) is 7.08. The Morgan fingerprint density at radius 2 is 1.96 bits per heavy atom. The van der Waals surface area contributed by atoms with Crippen LogP contribution in [0, 0.1) is 17.6 Å². The number of rotatable bonds is 3. The number of carbonyl (C=O) groups excluding carboxylic acids is 1. The highest BCUT2D eigenvalue weighted by molar-refractivity contribution is 7.13. The van der Waals surface area contributed by atoms with Crippen LogP contribution in [-0.4, -0.2) is 39.0 Å². The Balaban J connectivity index is 1.63. The zero-order valence-corrected chi connectivity index (χ0v) is 15.2. The van der Waals surface area contributed by atoms with Crippen molar-refractivity contribution in [3.63, 3.8) is 0 Å². The Morgan fingerprint density at radius 1 is 1.19 bits per heavy atom. The normalized spacial score (nSPS) is 24.7. The molecule has 142 valence electrons. The molecule has 0 radical (unpaired) electrons. The summed E-state index contributed by atoms with van der Waals surface area (Å²) in [6.45, 7) is 0. The summed E-state index contributed by atoms with van der Waals surface area (Å²) in [6.07, 6.45) is 4.27. The van der Waals surface area contributed by atoms with E-state index in [4.69, 9.17) is 0 Å². The maximum atomic E-state index is 13.5. The van der Waals surface area contributed by atoms with Crippen molar-refractivity contribution in [1.82, 2.24) is 9.88 Å². The van der Waals surface area contributed by atoms with Crippen molar-refractivity contribution in [2.45, 2.75) is 44.2 Å². The number of nitrogens with zero attached hydrogens (tertiary/aromatic N) is 2. The monoisotopic (exact) mass is 392 g/mol. The van der Waals surface area contributed by atoms with Crippen LogP contribution in [0.3, 0.4) is 0 Å². The molecule has 1 amide bonds. The molecule has 1 saturated heterocycles. The molecule has 1 aromatic carbocycles. The van der Waals surface area contributed by atoms with E-state index in [2.05, 4.69) is 4.98 Å². The highest BCUT2D eigenvalue weighted by Gasteiger charge is 2.48. The zero-order valence-electron chi connectivity index (χ0n) is 14.4. The van der Waals surface area contributed by atoms with Gasteiger partial charge in [-0.15, -0.1) is 11.3 Å². The van der Waals surface area contributed by atoms with Crippen molar-refractivity contribution in [2.75, 3.05) is 0 Å². The van der Waals surface area contributed by atoms with Crippen molar-refractivity contribution >= 4 is 23.2 Å². The lowest BCUT2D eigenvalue weighted by atomic mass is 9.84. The maximum Gasteiger partial charge on any atom is 0.326 e. The van der Waals surface area contributed by atoms with E-state index < -0.39 is 29.6 Å². The van der Waals surface area contributed by atoms with E-state index >= 15 is 0 Å². The van der Waals surface area contributed by atoms with Crippen LogP contribution in [0.1, 0.15) is 42.6 Å². The van der Waals surface area contributed by atoms with Gasteiger partial charge in [0.25, 0.3) is 5.91 Å². The number of thiazole rings is 1. The molecule has 0 bridgehead atoms. The lowest BCUT2D eigenvalue weighted by molar-refractivity contribution is -0.141. The summed E-state index contributed by atoms with van der Waals surface area (Å²) >= 11 is 1.15. The number of carboxylic acid groups (broad SMARTS) is 1. The quantitative estimate of drug-likeness (QED) is 0.859. The van der Waals surface area contributed by atoms with Crippen molar-refractivity contribution in [3.8, 4) is 10.6 Å². The van der Waals surface area contributed by atoms with E-state index in [0.29, 0.717) is 17.0 Å². The first-order chi connectivity index (χ1) is 13.0. The predicted molar refractivity (Wildman–Crippen MR) is 95.4 cm³/mol. The molecule has 0 spiro atoms. The number of amides is 1. The average Bonchev–Trinajstić information content (AvgIpc) is 3.28. The van der Waals surface area contributed by atoms with Gasteiger partial charge in [0.2, 0.25) is 0 Å². The van der Waals surface area contributed by atoms with Gasteiger partial charge in [-0.05, 0) is 43.4 Å². The van der Waals surface area contributed by atoms with Crippen molar-refractivity contribution < 1.29 is 23.5 Å². The van der Waals surface area contributed by atoms with Crippen LogP contribution < -0.4 is 0 Å². The van der Waals surface area contributed by atoms with Crippen molar-refractivity contribution in [1.29, 1.82) is 0 Å². The number of aromatic nitrogens is 1. The van der Waals surface area contributed by atoms with Gasteiger partial charge in [0.1, 0.15) is 16.7 Å². The first-order valence-electron chi connectivity index (χ1n) is 8.92. The Bertz CT molecular complexity index is 901. The summed E-state index contributed by atoms with van der Waals surface area (Å²) in [5.41, 5.74) is 0.530. The van der Waals surface area contributed by atoms with E-state index in [-0.39, 0.29) is 17.7 Å². The van der Waals surface area contributed by atoms with Crippen LogP contribution in [0.15, 0.2) is 23.6 Å². The van der Waals surface area contributed by atoms with Crippen LogP contribution >= 0.6 is 11.3 Å². The fourth-order valence-corrected chi connectivity index (χ4v) is 5.03. The first-order valence-corrected chi connectivity index (χ1v) is 9.80. The highest BCUT2D eigenvalue weighted by atomic mass is 32.1. The van der Waals surface area contributed by atoms with E-state index in [1.54, 1.807) is 5.38 Å². The smallest absolute Gasteiger partial charge is 0.326 e. The van der Waals surface area contributed by atoms with Crippen LogP contribution in [0.5, 0.6) is 0 Å². The molecule has 1 N–H and O–H groups in total. The van der Waals surface area contributed by atoms with Crippen molar-refractivity contribution in [3.05, 3.63) is 40.9 Å². The summed E-state index contributed by atoms with van der Waals surface area (Å²) in [6, 6.07) is 2.55. The number of hydrogen-bond donors (Lipinski definition) is 1.